The second kappa shape index (κ2) is 4.07. The molecule has 0 spiro atoms. The average Bonchev–Trinajstić information content (AvgIpc) is 2.43. The first-order valence-corrected chi connectivity index (χ1v) is 6.36. The quantitative estimate of drug-likeness (QED) is 0.556. The van der Waals surface area contributed by atoms with Crippen LogP contribution in [0.1, 0.15) is 12.8 Å². The van der Waals surface area contributed by atoms with Crippen LogP contribution in [0.15, 0.2) is 0 Å². The number of carboxylic acid groups (broad SMARTS) is 1. The molecule has 0 aliphatic carbocycles. The molecule has 0 amide bonds. The van der Waals surface area contributed by atoms with Crippen LogP contribution in [0.3, 0.4) is 0 Å². The van der Waals surface area contributed by atoms with Crippen LogP contribution in [0.25, 0.3) is 0 Å². The first-order chi connectivity index (χ1) is 6.81. The lowest BCUT2D eigenvalue weighted by atomic mass is 9.82. The highest BCUT2D eigenvalue weighted by molar-refractivity contribution is 7.91. The van der Waals surface area contributed by atoms with Crippen molar-refractivity contribution in [3.8, 4) is 0 Å². The molecule has 0 aromatic heterocycles. The molecule has 2 atom stereocenters. The topological polar surface area (TPSA) is 112 Å². The van der Waals surface area contributed by atoms with E-state index >= 15 is 0 Å². The lowest BCUT2D eigenvalue weighted by Crippen LogP contribution is -2.37. The first-order valence-electron chi connectivity index (χ1n) is 4.54. The van der Waals surface area contributed by atoms with Gasteiger partial charge in [-0.1, -0.05) is 0 Å². The fourth-order valence-corrected chi connectivity index (χ4v) is 3.92. The van der Waals surface area contributed by atoms with Gasteiger partial charge in [-0.3, -0.25) is 4.79 Å². The zero-order chi connectivity index (χ0) is 11.7. The molecule has 2 unspecified atom stereocenters. The summed E-state index contributed by atoms with van der Waals surface area (Å²) in [5.74, 6) is -1.85. The van der Waals surface area contributed by atoms with Crippen LogP contribution in [-0.2, 0) is 14.6 Å². The molecular weight excluding hydrogens is 224 g/mol. The maximum absolute atomic E-state index is 11.2. The lowest BCUT2D eigenvalue weighted by molar-refractivity contribution is -0.149. The number of hydrogen-bond acceptors (Lipinski definition) is 5. The number of carbonyl (C=O) groups is 1. The van der Waals surface area contributed by atoms with Gasteiger partial charge in [-0.25, -0.2) is 8.42 Å². The van der Waals surface area contributed by atoms with Gasteiger partial charge in [0.25, 0.3) is 0 Å². The van der Waals surface area contributed by atoms with Gasteiger partial charge in [0.1, 0.15) is 0 Å². The third-order valence-electron chi connectivity index (χ3n) is 2.68. The Hall–Kier alpha value is -0.660. The number of hydrogen-bond donors (Lipinski definition) is 3. The number of aliphatic hydroxyl groups is 2. The molecule has 0 bridgehead atoms. The average molecular weight is 238 g/mol. The summed E-state index contributed by atoms with van der Waals surface area (Å²) in [6.45, 7) is -0.560. The summed E-state index contributed by atoms with van der Waals surface area (Å²) in [5.41, 5.74) is -1.43. The molecule has 1 aliphatic heterocycles. The maximum Gasteiger partial charge on any atom is 0.310 e. The van der Waals surface area contributed by atoms with E-state index in [0.29, 0.717) is 0 Å². The van der Waals surface area contributed by atoms with E-state index < -0.39 is 39.7 Å². The van der Waals surface area contributed by atoms with Gasteiger partial charge in [-0.15, -0.1) is 0 Å². The van der Waals surface area contributed by atoms with Gasteiger partial charge in [-0.05, 0) is 12.8 Å². The zero-order valence-corrected chi connectivity index (χ0v) is 8.90. The summed E-state index contributed by atoms with van der Waals surface area (Å²) >= 11 is 0. The Morgan fingerprint density at radius 3 is 2.40 bits per heavy atom. The molecule has 7 heteroatoms. The highest BCUT2D eigenvalue weighted by Gasteiger charge is 2.49. The van der Waals surface area contributed by atoms with E-state index in [9.17, 15) is 18.3 Å². The minimum atomic E-state index is -3.33. The van der Waals surface area contributed by atoms with Crippen molar-refractivity contribution in [3.05, 3.63) is 0 Å². The highest BCUT2D eigenvalue weighted by atomic mass is 32.2. The Labute approximate surface area is 87.5 Å². The van der Waals surface area contributed by atoms with Gasteiger partial charge in [-0.2, -0.15) is 0 Å². The molecule has 15 heavy (non-hydrogen) atoms. The van der Waals surface area contributed by atoms with Crippen molar-refractivity contribution in [1.29, 1.82) is 0 Å². The molecule has 1 rings (SSSR count). The van der Waals surface area contributed by atoms with Crippen molar-refractivity contribution in [2.45, 2.75) is 18.9 Å². The second-order valence-electron chi connectivity index (χ2n) is 3.97. The van der Waals surface area contributed by atoms with Crippen LogP contribution >= 0.6 is 0 Å². The van der Waals surface area contributed by atoms with E-state index in [1.165, 1.54) is 0 Å². The molecular formula is C8H14O6S. The Kier molecular flexibility index (Phi) is 3.37. The SMILES string of the molecule is O=C(O)C1(CC(O)CO)CCS(=O)(=O)C1. The molecule has 0 aromatic carbocycles. The summed E-state index contributed by atoms with van der Waals surface area (Å²) in [7, 11) is -3.33. The van der Waals surface area contributed by atoms with Crippen LogP contribution in [-0.4, -0.2) is 53.9 Å². The molecule has 1 saturated heterocycles. The number of sulfone groups is 1. The Balaban J connectivity index is 2.88. The summed E-state index contributed by atoms with van der Waals surface area (Å²) in [5, 5.41) is 26.8. The predicted octanol–water partition coefficient (Wildman–Crippen LogP) is -1.38. The van der Waals surface area contributed by atoms with Crippen LogP contribution in [0.2, 0.25) is 0 Å². The van der Waals surface area contributed by atoms with E-state index in [1.54, 1.807) is 0 Å². The van der Waals surface area contributed by atoms with Gasteiger partial charge in [0.05, 0.1) is 29.6 Å². The Morgan fingerprint density at radius 1 is 1.47 bits per heavy atom. The normalized spacial score (nSPS) is 31.3. The predicted molar refractivity (Wildman–Crippen MR) is 51.0 cm³/mol. The summed E-state index contributed by atoms with van der Waals surface area (Å²) in [6.07, 6.45) is -1.41. The minimum absolute atomic E-state index is 0.00171. The molecule has 0 aromatic rings. The van der Waals surface area contributed by atoms with Crippen LogP contribution in [0, 0.1) is 5.41 Å². The monoisotopic (exact) mass is 238 g/mol. The largest absolute Gasteiger partial charge is 0.481 e. The lowest BCUT2D eigenvalue weighted by Gasteiger charge is -2.24. The van der Waals surface area contributed by atoms with E-state index in [1.807, 2.05) is 0 Å². The maximum atomic E-state index is 11.2. The zero-order valence-electron chi connectivity index (χ0n) is 8.09. The molecule has 0 radical (unpaired) electrons. The Bertz CT molecular complexity index is 348. The minimum Gasteiger partial charge on any atom is -0.481 e. The number of aliphatic carboxylic acids is 1. The molecule has 88 valence electrons. The summed E-state index contributed by atoms with van der Waals surface area (Å²) in [6, 6.07) is 0. The van der Waals surface area contributed by atoms with Gasteiger partial charge in [0.15, 0.2) is 9.84 Å². The van der Waals surface area contributed by atoms with E-state index in [0.717, 1.165) is 0 Å². The first kappa shape index (κ1) is 12.4. The fourth-order valence-electron chi connectivity index (χ4n) is 1.85. The molecule has 1 aliphatic rings. The van der Waals surface area contributed by atoms with Crippen molar-refractivity contribution in [2.24, 2.45) is 5.41 Å². The van der Waals surface area contributed by atoms with E-state index in [4.69, 9.17) is 10.2 Å². The number of aliphatic hydroxyl groups excluding tert-OH is 2. The number of rotatable bonds is 4. The molecule has 3 N–H and O–H groups in total. The smallest absolute Gasteiger partial charge is 0.310 e. The standard InChI is InChI=1S/C8H14O6S/c9-4-6(10)3-8(7(11)12)1-2-15(13,14)5-8/h6,9-10H,1-5H2,(H,11,12). The van der Waals surface area contributed by atoms with E-state index in [-0.39, 0.29) is 18.6 Å². The molecule has 1 fully saturated rings. The molecule has 0 saturated carbocycles. The van der Waals surface area contributed by atoms with Gasteiger partial charge >= 0.3 is 5.97 Å². The summed E-state index contributed by atoms with van der Waals surface area (Å²) in [4.78, 5) is 11.0. The van der Waals surface area contributed by atoms with Gasteiger partial charge in [0, 0.05) is 0 Å². The third kappa shape index (κ3) is 2.67. The summed E-state index contributed by atoms with van der Waals surface area (Å²) < 4.78 is 22.4. The van der Waals surface area contributed by atoms with Crippen LogP contribution in [0.4, 0.5) is 0 Å². The van der Waals surface area contributed by atoms with Gasteiger partial charge < -0.3 is 15.3 Å². The van der Waals surface area contributed by atoms with Gasteiger partial charge in [0.2, 0.25) is 0 Å². The van der Waals surface area contributed by atoms with Crippen LogP contribution in [0.5, 0.6) is 0 Å². The van der Waals surface area contributed by atoms with Crippen LogP contribution < -0.4 is 0 Å². The van der Waals surface area contributed by atoms with Crippen molar-refractivity contribution in [2.75, 3.05) is 18.1 Å². The van der Waals surface area contributed by atoms with Crippen molar-refractivity contribution in [1.82, 2.24) is 0 Å². The van der Waals surface area contributed by atoms with Crippen molar-refractivity contribution >= 4 is 15.8 Å². The Morgan fingerprint density at radius 2 is 2.07 bits per heavy atom. The van der Waals surface area contributed by atoms with Crippen molar-refractivity contribution < 1.29 is 28.5 Å². The third-order valence-corrected chi connectivity index (χ3v) is 4.50. The molecule has 1 heterocycles. The number of carboxylic acids is 1. The second-order valence-corrected chi connectivity index (χ2v) is 6.15. The molecule has 6 nitrogen and oxygen atoms in total. The van der Waals surface area contributed by atoms with Crippen molar-refractivity contribution in [3.63, 3.8) is 0 Å². The fraction of sp³-hybridized carbons (Fsp3) is 0.875. The highest BCUT2D eigenvalue weighted by Crippen LogP contribution is 2.37. The van der Waals surface area contributed by atoms with E-state index in [2.05, 4.69) is 0 Å².